The Bertz CT molecular complexity index is 858. The van der Waals surface area contributed by atoms with Crippen molar-refractivity contribution in [2.24, 2.45) is 0 Å². The summed E-state index contributed by atoms with van der Waals surface area (Å²) in [6, 6.07) is 11.5. The summed E-state index contributed by atoms with van der Waals surface area (Å²) < 4.78 is 10.5. The molecule has 0 saturated carbocycles. The Kier molecular flexibility index (Phi) is 7.32. The van der Waals surface area contributed by atoms with E-state index < -0.39 is 12.1 Å². The monoisotopic (exact) mass is 383 g/mol. The van der Waals surface area contributed by atoms with Crippen LogP contribution in [-0.2, 0) is 9.53 Å². The number of Topliss-reactive ketones (excluding diaryl/α,β-unsaturated/α-hetero) is 1. The molecule has 0 heterocycles. The summed E-state index contributed by atoms with van der Waals surface area (Å²) in [5.74, 6) is -0.409. The Morgan fingerprint density at radius 1 is 1.04 bits per heavy atom. The number of amides is 1. The van der Waals surface area contributed by atoms with Gasteiger partial charge in [-0.2, -0.15) is 0 Å². The summed E-state index contributed by atoms with van der Waals surface area (Å²) in [4.78, 5) is 36.5. The SMILES string of the molecule is CCCC(=O)Nc1ccc(C(=O)[C@@H](C)OC(=O)c2ccc(C)c(OC)c2)cc1. The summed E-state index contributed by atoms with van der Waals surface area (Å²) in [6.45, 7) is 5.33. The zero-order chi connectivity index (χ0) is 20.7. The van der Waals surface area contributed by atoms with Gasteiger partial charge in [-0.05, 0) is 62.2 Å². The number of nitrogens with one attached hydrogen (secondary N) is 1. The number of rotatable bonds is 8. The molecule has 6 heteroatoms. The van der Waals surface area contributed by atoms with Crippen LogP contribution >= 0.6 is 0 Å². The highest BCUT2D eigenvalue weighted by molar-refractivity contribution is 6.02. The number of esters is 1. The Hall–Kier alpha value is -3.15. The fourth-order valence-corrected chi connectivity index (χ4v) is 2.63. The predicted octanol–water partition coefficient (Wildman–Crippen LogP) is 4.17. The van der Waals surface area contributed by atoms with E-state index in [1.54, 1.807) is 42.5 Å². The Labute approximate surface area is 164 Å². The van der Waals surface area contributed by atoms with Gasteiger partial charge in [-0.3, -0.25) is 9.59 Å². The third kappa shape index (κ3) is 5.42. The molecule has 0 aromatic heterocycles. The van der Waals surface area contributed by atoms with Crippen molar-refractivity contribution in [3.05, 3.63) is 59.2 Å². The molecule has 0 unspecified atom stereocenters. The van der Waals surface area contributed by atoms with E-state index in [-0.39, 0.29) is 11.7 Å². The molecule has 0 saturated heterocycles. The van der Waals surface area contributed by atoms with Gasteiger partial charge in [0.1, 0.15) is 5.75 Å². The minimum absolute atomic E-state index is 0.0719. The van der Waals surface area contributed by atoms with Crippen molar-refractivity contribution in [3.63, 3.8) is 0 Å². The zero-order valence-corrected chi connectivity index (χ0v) is 16.6. The fourth-order valence-electron chi connectivity index (χ4n) is 2.63. The van der Waals surface area contributed by atoms with Crippen LogP contribution in [0.5, 0.6) is 5.75 Å². The predicted molar refractivity (Wildman–Crippen MR) is 107 cm³/mol. The molecule has 1 atom stereocenters. The number of hydrogen-bond donors (Lipinski definition) is 1. The van der Waals surface area contributed by atoms with Crippen LogP contribution in [0.1, 0.15) is 53.0 Å². The lowest BCUT2D eigenvalue weighted by Gasteiger charge is -2.14. The molecule has 0 aliphatic heterocycles. The van der Waals surface area contributed by atoms with Gasteiger partial charge in [-0.15, -0.1) is 0 Å². The quantitative estimate of drug-likeness (QED) is 0.546. The van der Waals surface area contributed by atoms with Gasteiger partial charge < -0.3 is 14.8 Å². The lowest BCUT2D eigenvalue weighted by Crippen LogP contribution is -2.24. The molecule has 0 fully saturated rings. The third-order valence-electron chi connectivity index (χ3n) is 4.23. The molecule has 148 valence electrons. The third-order valence-corrected chi connectivity index (χ3v) is 4.23. The molecule has 0 radical (unpaired) electrons. The second-order valence-corrected chi connectivity index (χ2v) is 6.47. The molecule has 0 bridgehead atoms. The first-order valence-electron chi connectivity index (χ1n) is 9.15. The number of benzene rings is 2. The van der Waals surface area contributed by atoms with Crippen LogP contribution in [-0.4, -0.2) is 30.9 Å². The largest absolute Gasteiger partial charge is 0.496 e. The summed E-state index contributed by atoms with van der Waals surface area (Å²) in [6.07, 6.45) is 0.260. The Morgan fingerprint density at radius 2 is 1.68 bits per heavy atom. The van der Waals surface area contributed by atoms with Crippen molar-refractivity contribution >= 4 is 23.3 Å². The van der Waals surface area contributed by atoms with Gasteiger partial charge in [-0.1, -0.05) is 13.0 Å². The van der Waals surface area contributed by atoms with Gasteiger partial charge in [0.25, 0.3) is 0 Å². The number of carbonyl (C=O) groups excluding carboxylic acids is 3. The first-order chi connectivity index (χ1) is 13.3. The van der Waals surface area contributed by atoms with E-state index in [0.29, 0.717) is 29.0 Å². The number of aryl methyl sites for hydroxylation is 1. The second-order valence-electron chi connectivity index (χ2n) is 6.47. The van der Waals surface area contributed by atoms with E-state index in [1.165, 1.54) is 14.0 Å². The maximum Gasteiger partial charge on any atom is 0.338 e. The highest BCUT2D eigenvalue weighted by Crippen LogP contribution is 2.20. The average Bonchev–Trinajstić information content (AvgIpc) is 2.68. The number of ether oxygens (including phenoxy) is 2. The van der Waals surface area contributed by atoms with Crippen LogP contribution < -0.4 is 10.1 Å². The molecule has 28 heavy (non-hydrogen) atoms. The van der Waals surface area contributed by atoms with Crippen molar-refractivity contribution < 1.29 is 23.9 Å². The number of carbonyl (C=O) groups is 3. The average molecular weight is 383 g/mol. The Morgan fingerprint density at radius 3 is 2.29 bits per heavy atom. The highest BCUT2D eigenvalue weighted by atomic mass is 16.5. The lowest BCUT2D eigenvalue weighted by molar-refractivity contribution is -0.116. The van der Waals surface area contributed by atoms with Gasteiger partial charge in [-0.25, -0.2) is 4.79 Å². The summed E-state index contributed by atoms with van der Waals surface area (Å²) in [5, 5.41) is 2.76. The molecule has 6 nitrogen and oxygen atoms in total. The normalized spacial score (nSPS) is 11.4. The number of methoxy groups -OCH3 is 1. The summed E-state index contributed by atoms with van der Waals surface area (Å²) >= 11 is 0. The summed E-state index contributed by atoms with van der Waals surface area (Å²) in [5.41, 5.74) is 2.23. The molecule has 0 aliphatic rings. The standard InChI is InChI=1S/C22H25NO5/c1-5-6-20(24)23-18-11-9-16(10-12-18)21(25)15(3)28-22(26)17-8-7-14(2)19(13-17)27-4/h7-13,15H,5-6H2,1-4H3,(H,23,24)/t15-/m1/s1. The van der Waals surface area contributed by atoms with Crippen molar-refractivity contribution in [3.8, 4) is 5.75 Å². The van der Waals surface area contributed by atoms with Crippen molar-refractivity contribution in [2.45, 2.75) is 39.7 Å². The van der Waals surface area contributed by atoms with E-state index in [4.69, 9.17) is 9.47 Å². The molecular weight excluding hydrogens is 358 g/mol. The van der Waals surface area contributed by atoms with Crippen LogP contribution in [0.4, 0.5) is 5.69 Å². The molecule has 2 aromatic carbocycles. The minimum atomic E-state index is -0.944. The topological polar surface area (TPSA) is 81.7 Å². The molecule has 0 aliphatic carbocycles. The molecule has 1 amide bonds. The van der Waals surface area contributed by atoms with Gasteiger partial charge in [0, 0.05) is 17.7 Å². The molecular formula is C22H25NO5. The lowest BCUT2D eigenvalue weighted by atomic mass is 10.1. The van der Waals surface area contributed by atoms with Gasteiger partial charge in [0.05, 0.1) is 12.7 Å². The fraction of sp³-hybridized carbons (Fsp3) is 0.318. The van der Waals surface area contributed by atoms with Gasteiger partial charge in [0.15, 0.2) is 6.10 Å². The Balaban J connectivity index is 2.02. The highest BCUT2D eigenvalue weighted by Gasteiger charge is 2.21. The van der Waals surface area contributed by atoms with E-state index in [0.717, 1.165) is 12.0 Å². The number of hydrogen-bond acceptors (Lipinski definition) is 5. The van der Waals surface area contributed by atoms with Crippen molar-refractivity contribution in [1.29, 1.82) is 0 Å². The van der Waals surface area contributed by atoms with E-state index >= 15 is 0 Å². The minimum Gasteiger partial charge on any atom is -0.496 e. The second kappa shape index (κ2) is 9.69. The zero-order valence-electron chi connectivity index (χ0n) is 16.6. The van der Waals surface area contributed by atoms with Crippen molar-refractivity contribution in [1.82, 2.24) is 0 Å². The van der Waals surface area contributed by atoms with Crippen LogP contribution in [0.25, 0.3) is 0 Å². The maximum atomic E-state index is 12.5. The molecule has 1 N–H and O–H groups in total. The van der Waals surface area contributed by atoms with E-state index in [1.807, 2.05) is 13.8 Å². The van der Waals surface area contributed by atoms with Crippen LogP contribution in [0.15, 0.2) is 42.5 Å². The first kappa shape index (κ1) is 21.2. The molecule has 2 rings (SSSR count). The van der Waals surface area contributed by atoms with Crippen molar-refractivity contribution in [2.75, 3.05) is 12.4 Å². The maximum absolute atomic E-state index is 12.5. The smallest absolute Gasteiger partial charge is 0.338 e. The van der Waals surface area contributed by atoms with Gasteiger partial charge >= 0.3 is 5.97 Å². The van der Waals surface area contributed by atoms with E-state index in [2.05, 4.69) is 5.32 Å². The van der Waals surface area contributed by atoms with Crippen LogP contribution in [0.2, 0.25) is 0 Å². The summed E-state index contributed by atoms with van der Waals surface area (Å²) in [7, 11) is 1.53. The van der Waals surface area contributed by atoms with Crippen LogP contribution in [0, 0.1) is 6.92 Å². The first-order valence-corrected chi connectivity index (χ1v) is 9.15. The molecule has 0 spiro atoms. The van der Waals surface area contributed by atoms with Crippen LogP contribution in [0.3, 0.4) is 0 Å². The van der Waals surface area contributed by atoms with E-state index in [9.17, 15) is 14.4 Å². The number of ketones is 1. The number of anilines is 1. The van der Waals surface area contributed by atoms with Gasteiger partial charge in [0.2, 0.25) is 11.7 Å². The molecule has 2 aromatic rings.